The standard InChI is InChI=1S/C14H12FN3OS/c1-8-6-20-13-12(8)17-7-18(14(13)19)5-9-2-10(15)4-11(16)3-9/h2-4,6-7H,5,16H2,1H3. The fourth-order valence-electron chi connectivity index (χ4n) is 2.14. The predicted octanol–water partition coefficient (Wildman–Crippen LogP) is 2.54. The summed E-state index contributed by atoms with van der Waals surface area (Å²) < 4.78 is 15.4. The predicted molar refractivity (Wildman–Crippen MR) is 78.5 cm³/mol. The fourth-order valence-corrected chi connectivity index (χ4v) is 3.09. The highest BCUT2D eigenvalue weighted by atomic mass is 32.1. The largest absolute Gasteiger partial charge is 0.399 e. The van der Waals surface area contributed by atoms with Crippen LogP contribution in [0.15, 0.2) is 34.7 Å². The van der Waals surface area contributed by atoms with Crippen LogP contribution in [-0.2, 0) is 6.54 Å². The highest BCUT2D eigenvalue weighted by Crippen LogP contribution is 2.19. The third-order valence-electron chi connectivity index (χ3n) is 3.06. The summed E-state index contributed by atoms with van der Waals surface area (Å²) in [6, 6.07) is 4.27. The number of nitrogens with two attached hydrogens (primary N) is 1. The molecular weight excluding hydrogens is 277 g/mol. The number of rotatable bonds is 2. The fraction of sp³-hybridized carbons (Fsp3) is 0.143. The lowest BCUT2D eigenvalue weighted by molar-refractivity contribution is 0.623. The average Bonchev–Trinajstić information content (AvgIpc) is 2.74. The maximum Gasteiger partial charge on any atom is 0.271 e. The minimum absolute atomic E-state index is 0.115. The number of fused-ring (bicyclic) bond motifs is 1. The Labute approximate surface area is 118 Å². The van der Waals surface area contributed by atoms with Crippen LogP contribution in [-0.4, -0.2) is 9.55 Å². The van der Waals surface area contributed by atoms with Gasteiger partial charge in [-0.2, -0.15) is 0 Å². The molecule has 0 radical (unpaired) electrons. The zero-order valence-electron chi connectivity index (χ0n) is 10.8. The van der Waals surface area contributed by atoms with Gasteiger partial charge in [-0.05, 0) is 41.6 Å². The zero-order valence-corrected chi connectivity index (χ0v) is 11.6. The smallest absolute Gasteiger partial charge is 0.271 e. The van der Waals surface area contributed by atoms with Crippen molar-refractivity contribution >= 4 is 27.2 Å². The van der Waals surface area contributed by atoms with Crippen molar-refractivity contribution in [2.24, 2.45) is 0 Å². The van der Waals surface area contributed by atoms with Gasteiger partial charge < -0.3 is 5.73 Å². The molecule has 0 unspecified atom stereocenters. The van der Waals surface area contributed by atoms with E-state index < -0.39 is 5.82 Å². The Bertz CT molecular complexity index is 833. The van der Waals surface area contributed by atoms with E-state index in [1.54, 1.807) is 6.07 Å². The summed E-state index contributed by atoms with van der Waals surface area (Å²) in [7, 11) is 0. The van der Waals surface area contributed by atoms with Gasteiger partial charge in [0.25, 0.3) is 5.56 Å². The minimum Gasteiger partial charge on any atom is -0.399 e. The number of halogens is 1. The van der Waals surface area contributed by atoms with Gasteiger partial charge in [0, 0.05) is 5.69 Å². The average molecular weight is 289 g/mol. The molecular formula is C14H12FN3OS. The number of thiophene rings is 1. The molecule has 4 nitrogen and oxygen atoms in total. The van der Waals surface area contributed by atoms with Crippen molar-refractivity contribution in [2.45, 2.75) is 13.5 Å². The third-order valence-corrected chi connectivity index (χ3v) is 4.13. The summed E-state index contributed by atoms with van der Waals surface area (Å²) in [5.74, 6) is -0.408. The highest BCUT2D eigenvalue weighted by molar-refractivity contribution is 7.17. The van der Waals surface area contributed by atoms with Gasteiger partial charge in [-0.15, -0.1) is 11.3 Å². The molecule has 102 valence electrons. The van der Waals surface area contributed by atoms with Crippen molar-refractivity contribution in [2.75, 3.05) is 5.73 Å². The number of nitrogens with zero attached hydrogens (tertiary/aromatic N) is 2. The Morgan fingerprint density at radius 3 is 2.95 bits per heavy atom. The van der Waals surface area contributed by atoms with E-state index in [1.165, 1.54) is 34.4 Å². The lowest BCUT2D eigenvalue weighted by Gasteiger charge is -2.06. The Morgan fingerprint density at radius 2 is 2.20 bits per heavy atom. The second-order valence-electron chi connectivity index (χ2n) is 4.67. The number of aryl methyl sites for hydroxylation is 1. The molecule has 0 aliphatic rings. The molecule has 0 fully saturated rings. The van der Waals surface area contributed by atoms with E-state index in [2.05, 4.69) is 4.98 Å². The van der Waals surface area contributed by atoms with Gasteiger partial charge in [-0.25, -0.2) is 9.37 Å². The van der Waals surface area contributed by atoms with Crippen LogP contribution in [0.5, 0.6) is 0 Å². The number of aromatic nitrogens is 2. The van der Waals surface area contributed by atoms with E-state index in [4.69, 9.17) is 5.73 Å². The van der Waals surface area contributed by atoms with Crippen LogP contribution in [0.4, 0.5) is 10.1 Å². The van der Waals surface area contributed by atoms with Crippen LogP contribution in [0.1, 0.15) is 11.1 Å². The van der Waals surface area contributed by atoms with Gasteiger partial charge in [0.1, 0.15) is 10.5 Å². The molecule has 0 spiro atoms. The second-order valence-corrected chi connectivity index (χ2v) is 5.55. The summed E-state index contributed by atoms with van der Waals surface area (Å²) in [5, 5.41) is 1.91. The molecule has 2 N–H and O–H groups in total. The van der Waals surface area contributed by atoms with E-state index in [1.807, 2.05) is 12.3 Å². The van der Waals surface area contributed by atoms with Crippen LogP contribution in [0.3, 0.4) is 0 Å². The summed E-state index contributed by atoms with van der Waals surface area (Å²) in [5.41, 5.74) is 8.19. The monoisotopic (exact) mass is 289 g/mol. The molecule has 0 saturated carbocycles. The molecule has 0 bridgehead atoms. The molecule has 6 heteroatoms. The van der Waals surface area contributed by atoms with Gasteiger partial charge in [0.15, 0.2) is 0 Å². The van der Waals surface area contributed by atoms with Crippen LogP contribution in [0.25, 0.3) is 10.2 Å². The van der Waals surface area contributed by atoms with Gasteiger partial charge in [0.05, 0.1) is 18.4 Å². The molecule has 0 amide bonds. The number of hydrogen-bond acceptors (Lipinski definition) is 4. The van der Waals surface area contributed by atoms with E-state index >= 15 is 0 Å². The first-order chi connectivity index (χ1) is 9.54. The second kappa shape index (κ2) is 4.72. The number of nitrogen functional groups attached to an aromatic ring is 1. The molecule has 0 aliphatic carbocycles. The van der Waals surface area contributed by atoms with Crippen molar-refractivity contribution in [3.05, 3.63) is 57.2 Å². The van der Waals surface area contributed by atoms with E-state index in [0.29, 0.717) is 16.0 Å². The van der Waals surface area contributed by atoms with E-state index in [-0.39, 0.29) is 12.1 Å². The molecule has 20 heavy (non-hydrogen) atoms. The Hall–Kier alpha value is -2.21. The van der Waals surface area contributed by atoms with Gasteiger partial charge >= 0.3 is 0 Å². The summed E-state index contributed by atoms with van der Waals surface area (Å²) in [6.45, 7) is 2.17. The lowest BCUT2D eigenvalue weighted by Crippen LogP contribution is -2.20. The van der Waals surface area contributed by atoms with E-state index in [9.17, 15) is 9.18 Å². The first-order valence-electron chi connectivity index (χ1n) is 6.03. The topological polar surface area (TPSA) is 60.9 Å². The first-order valence-corrected chi connectivity index (χ1v) is 6.91. The van der Waals surface area contributed by atoms with Gasteiger partial charge in [0.2, 0.25) is 0 Å². The van der Waals surface area contributed by atoms with Crippen molar-refractivity contribution in [1.29, 1.82) is 0 Å². The number of anilines is 1. The normalized spacial score (nSPS) is 11.1. The summed E-state index contributed by atoms with van der Waals surface area (Å²) >= 11 is 1.38. The van der Waals surface area contributed by atoms with Crippen molar-refractivity contribution in [1.82, 2.24) is 9.55 Å². The Kier molecular flexibility index (Phi) is 3.02. The lowest BCUT2D eigenvalue weighted by atomic mass is 10.2. The molecule has 3 aromatic rings. The zero-order chi connectivity index (χ0) is 14.3. The number of hydrogen-bond donors (Lipinski definition) is 1. The van der Waals surface area contributed by atoms with E-state index in [0.717, 1.165) is 11.1 Å². The van der Waals surface area contributed by atoms with Crippen LogP contribution in [0, 0.1) is 12.7 Å². The summed E-state index contributed by atoms with van der Waals surface area (Å²) in [4.78, 5) is 16.6. The Balaban J connectivity index is 2.06. The highest BCUT2D eigenvalue weighted by Gasteiger charge is 2.09. The molecule has 2 heterocycles. The van der Waals surface area contributed by atoms with Crippen molar-refractivity contribution in [3.8, 4) is 0 Å². The van der Waals surface area contributed by atoms with Gasteiger partial charge in [-0.1, -0.05) is 0 Å². The first kappa shape index (κ1) is 12.8. The molecule has 0 atom stereocenters. The minimum atomic E-state index is -0.408. The third kappa shape index (κ3) is 2.18. The maximum absolute atomic E-state index is 13.3. The van der Waals surface area contributed by atoms with Crippen LogP contribution >= 0.6 is 11.3 Å². The maximum atomic E-state index is 13.3. The van der Waals surface area contributed by atoms with Crippen LogP contribution in [0.2, 0.25) is 0 Å². The van der Waals surface area contributed by atoms with Crippen LogP contribution < -0.4 is 11.3 Å². The van der Waals surface area contributed by atoms with Crippen molar-refractivity contribution < 1.29 is 4.39 Å². The van der Waals surface area contributed by atoms with Crippen molar-refractivity contribution in [3.63, 3.8) is 0 Å². The molecule has 3 rings (SSSR count). The molecule has 0 saturated heterocycles. The van der Waals surface area contributed by atoms with Gasteiger partial charge in [-0.3, -0.25) is 9.36 Å². The summed E-state index contributed by atoms with van der Waals surface area (Å²) in [6.07, 6.45) is 1.49. The number of benzene rings is 1. The quantitative estimate of drug-likeness (QED) is 0.737. The molecule has 0 aliphatic heterocycles. The Morgan fingerprint density at radius 1 is 1.40 bits per heavy atom. The molecule has 1 aromatic carbocycles. The molecule has 2 aromatic heterocycles. The SMILES string of the molecule is Cc1csc2c(=O)n(Cc3cc(N)cc(F)c3)cnc12.